The molecule has 2 fully saturated rings. The van der Waals surface area contributed by atoms with Crippen LogP contribution in [0.15, 0.2) is 15.8 Å². The molecule has 0 saturated carbocycles. The molecule has 0 radical (unpaired) electrons. The summed E-state index contributed by atoms with van der Waals surface area (Å²) in [5.74, 6) is 0. The quantitative estimate of drug-likeness (QED) is 0.437. The van der Waals surface area contributed by atoms with Crippen LogP contribution in [0.3, 0.4) is 0 Å². The molecule has 114 valence electrons. The van der Waals surface area contributed by atoms with Gasteiger partial charge in [-0.2, -0.15) is 0 Å². The van der Waals surface area contributed by atoms with Gasteiger partial charge < -0.3 is 14.4 Å². The third-order valence-corrected chi connectivity index (χ3v) is 4.11. The molecule has 2 unspecified atom stereocenters. The van der Waals surface area contributed by atoms with Crippen molar-refractivity contribution in [2.45, 2.75) is 31.3 Å². The van der Waals surface area contributed by atoms with Gasteiger partial charge in [0.25, 0.3) is 5.56 Å². The van der Waals surface area contributed by atoms with Gasteiger partial charge in [0.1, 0.15) is 18.4 Å². The molecule has 2 saturated heterocycles. The summed E-state index contributed by atoms with van der Waals surface area (Å²) in [6, 6.07) is 0. The normalized spacial score (nSPS) is 30.2. The van der Waals surface area contributed by atoms with Crippen molar-refractivity contribution in [3.05, 3.63) is 32.6 Å². The number of rotatable bonds is 4. The van der Waals surface area contributed by atoms with Gasteiger partial charge in [-0.3, -0.25) is 14.3 Å². The van der Waals surface area contributed by atoms with Crippen molar-refractivity contribution in [3.63, 3.8) is 0 Å². The molecule has 1 N–H and O–H groups in total. The van der Waals surface area contributed by atoms with Gasteiger partial charge in [-0.1, -0.05) is 0 Å². The molecular formula is C11H13N2NaO7P+. The molecule has 1 aromatic heterocycles. The number of fused-ring (bicyclic) bond motifs is 1. The van der Waals surface area contributed by atoms with E-state index >= 15 is 0 Å². The maximum absolute atomic E-state index is 11.8. The average Bonchev–Trinajstić information content (AvgIpc) is 2.65. The summed E-state index contributed by atoms with van der Waals surface area (Å²) in [4.78, 5) is 35.9. The van der Waals surface area contributed by atoms with Crippen molar-refractivity contribution in [1.82, 2.24) is 9.55 Å². The van der Waals surface area contributed by atoms with Crippen molar-refractivity contribution >= 4 is 8.25 Å². The number of aromatic nitrogens is 2. The van der Waals surface area contributed by atoms with Crippen LogP contribution < -0.4 is 45.7 Å². The van der Waals surface area contributed by atoms with Crippen LogP contribution in [-0.4, -0.2) is 34.5 Å². The number of hydrogen-bond donors (Lipinski definition) is 1. The molecule has 0 spiro atoms. The minimum Gasteiger partial charge on any atom is -0.566 e. The fraction of sp³-hybridized carbons (Fsp3) is 0.636. The largest absolute Gasteiger partial charge is 1.00 e. The summed E-state index contributed by atoms with van der Waals surface area (Å²) in [6.45, 7) is 1.63. The van der Waals surface area contributed by atoms with E-state index in [1.807, 2.05) is 0 Å². The maximum Gasteiger partial charge on any atom is 1.00 e. The third-order valence-electron chi connectivity index (χ3n) is 3.77. The SMILES string of the molecule is Cc1cn([C@H]2CC3OC[C@]3(CO[P+](=O)[O-])O2)c(=O)[nH]c1=O.[Na+]. The molecule has 22 heavy (non-hydrogen) atoms. The van der Waals surface area contributed by atoms with Crippen molar-refractivity contribution < 1.29 is 53.0 Å². The molecule has 4 atom stereocenters. The second-order valence-electron chi connectivity index (χ2n) is 5.15. The zero-order valence-corrected chi connectivity index (χ0v) is 15.0. The summed E-state index contributed by atoms with van der Waals surface area (Å²) in [5, 5.41) is 0. The Balaban J connectivity index is 0.00000176. The van der Waals surface area contributed by atoms with Gasteiger partial charge in [-0.25, -0.2) is 4.79 Å². The molecule has 3 rings (SSSR count). The number of aryl methyl sites for hydroxylation is 1. The van der Waals surface area contributed by atoms with Crippen molar-refractivity contribution in [2.24, 2.45) is 0 Å². The van der Waals surface area contributed by atoms with Crippen LogP contribution in [0, 0.1) is 6.92 Å². The van der Waals surface area contributed by atoms with E-state index in [9.17, 15) is 19.0 Å². The van der Waals surface area contributed by atoms with Crippen LogP contribution in [0.5, 0.6) is 0 Å². The molecule has 9 nitrogen and oxygen atoms in total. The monoisotopic (exact) mass is 339 g/mol. The molecule has 2 aliphatic heterocycles. The topological polar surface area (TPSA) is 123 Å². The minimum atomic E-state index is -2.97. The molecular weight excluding hydrogens is 326 g/mol. The van der Waals surface area contributed by atoms with E-state index in [0.29, 0.717) is 12.0 Å². The Labute approximate surface area is 147 Å². The van der Waals surface area contributed by atoms with Crippen LogP contribution >= 0.6 is 8.25 Å². The first-order chi connectivity index (χ1) is 9.91. The standard InChI is InChI=1S/C11H13N2O7P.Na/c1-6-3-13(10(15)12-9(6)14)8-2-7-11(20-8,4-18-7)5-19-21(16)17;/h3,7-8H,2,4-5H2,1H3,(H,12,14,15);/q;+1/t7?,8-,11-;/m1./s1. The Bertz CT molecular complexity index is 704. The van der Waals surface area contributed by atoms with Gasteiger partial charge in [0, 0.05) is 18.2 Å². The van der Waals surface area contributed by atoms with Crippen LogP contribution in [0.1, 0.15) is 18.2 Å². The Kier molecular flexibility index (Phi) is 5.41. The number of hydrogen-bond acceptors (Lipinski definition) is 7. The van der Waals surface area contributed by atoms with Gasteiger partial charge >= 0.3 is 43.5 Å². The Hall–Kier alpha value is -0.380. The van der Waals surface area contributed by atoms with E-state index in [0.717, 1.165) is 0 Å². The molecule has 2 aliphatic rings. The van der Waals surface area contributed by atoms with Gasteiger partial charge in [-0.05, 0) is 11.5 Å². The predicted molar refractivity (Wildman–Crippen MR) is 66.8 cm³/mol. The number of nitrogens with one attached hydrogen (secondary N) is 1. The maximum atomic E-state index is 11.8. The molecule has 3 heterocycles. The third kappa shape index (κ3) is 3.13. The van der Waals surface area contributed by atoms with E-state index in [-0.39, 0.29) is 48.9 Å². The Morgan fingerprint density at radius 2 is 2.32 bits per heavy atom. The zero-order chi connectivity index (χ0) is 15.2. The van der Waals surface area contributed by atoms with Crippen molar-refractivity contribution in [1.29, 1.82) is 0 Å². The summed E-state index contributed by atoms with van der Waals surface area (Å²) in [6.07, 6.45) is 0.828. The summed E-state index contributed by atoms with van der Waals surface area (Å²) >= 11 is 0. The number of ether oxygens (including phenoxy) is 2. The Morgan fingerprint density at radius 3 is 2.91 bits per heavy atom. The van der Waals surface area contributed by atoms with Gasteiger partial charge in [0.15, 0.2) is 0 Å². The van der Waals surface area contributed by atoms with Gasteiger partial charge in [-0.15, -0.1) is 4.52 Å². The first-order valence-electron chi connectivity index (χ1n) is 6.30. The van der Waals surface area contributed by atoms with E-state index in [1.54, 1.807) is 6.92 Å². The second kappa shape index (κ2) is 6.62. The van der Waals surface area contributed by atoms with Crippen LogP contribution in [0.4, 0.5) is 0 Å². The molecule has 0 bridgehead atoms. The van der Waals surface area contributed by atoms with Crippen molar-refractivity contribution in [2.75, 3.05) is 13.2 Å². The van der Waals surface area contributed by atoms with Crippen LogP contribution in [0.2, 0.25) is 0 Å². The van der Waals surface area contributed by atoms with Crippen LogP contribution in [0.25, 0.3) is 0 Å². The molecule has 0 aliphatic carbocycles. The van der Waals surface area contributed by atoms with E-state index < -0.39 is 31.3 Å². The van der Waals surface area contributed by atoms with Gasteiger partial charge in [0.2, 0.25) is 0 Å². The average molecular weight is 339 g/mol. The first kappa shape index (κ1) is 18.0. The van der Waals surface area contributed by atoms with Gasteiger partial charge in [0.05, 0.1) is 12.7 Å². The number of H-pyrrole nitrogens is 1. The predicted octanol–water partition coefficient (Wildman–Crippen LogP) is -4.06. The fourth-order valence-corrected chi connectivity index (χ4v) is 2.91. The summed E-state index contributed by atoms with van der Waals surface area (Å²) < 4.78 is 27.6. The minimum absolute atomic E-state index is 0. The van der Waals surface area contributed by atoms with E-state index in [1.165, 1.54) is 10.8 Å². The molecule has 1 aromatic rings. The number of aromatic amines is 1. The fourth-order valence-electron chi connectivity index (χ4n) is 2.58. The van der Waals surface area contributed by atoms with Crippen molar-refractivity contribution in [3.8, 4) is 0 Å². The van der Waals surface area contributed by atoms with E-state index in [2.05, 4.69) is 9.51 Å². The second-order valence-corrected chi connectivity index (χ2v) is 5.85. The van der Waals surface area contributed by atoms with Crippen LogP contribution in [-0.2, 0) is 18.6 Å². The first-order valence-corrected chi connectivity index (χ1v) is 7.40. The van der Waals surface area contributed by atoms with E-state index in [4.69, 9.17) is 9.47 Å². The molecule has 0 amide bonds. The summed E-state index contributed by atoms with van der Waals surface area (Å²) in [7, 11) is -2.97. The summed E-state index contributed by atoms with van der Waals surface area (Å²) in [5.41, 5.74) is -1.51. The Morgan fingerprint density at radius 1 is 1.59 bits per heavy atom. The number of nitrogens with zero attached hydrogens (tertiary/aromatic N) is 1. The zero-order valence-electron chi connectivity index (χ0n) is 12.1. The molecule has 0 aromatic carbocycles. The molecule has 11 heteroatoms. The smallest absolute Gasteiger partial charge is 0.566 e.